The topological polar surface area (TPSA) is 76.8 Å². The zero-order valence-electron chi connectivity index (χ0n) is 14.5. The first-order chi connectivity index (χ1) is 11.7. The fourth-order valence-corrected chi connectivity index (χ4v) is 2.78. The number of nitrogens with zero attached hydrogens (tertiary/aromatic N) is 1. The van der Waals surface area contributed by atoms with Crippen LogP contribution in [0.25, 0.3) is 0 Å². The van der Waals surface area contributed by atoms with Crippen LogP contribution < -0.4 is 15.8 Å². The Balaban J connectivity index is 1.72. The van der Waals surface area contributed by atoms with Gasteiger partial charge in [0.15, 0.2) is 0 Å². The molecule has 1 fully saturated rings. The first-order valence-corrected chi connectivity index (χ1v) is 8.65. The molecule has 0 unspecified atom stereocenters. The number of ether oxygens (including phenoxy) is 2. The van der Waals surface area contributed by atoms with E-state index in [1.54, 1.807) is 0 Å². The van der Waals surface area contributed by atoms with Crippen molar-refractivity contribution in [2.75, 3.05) is 40.0 Å². The second-order valence-electron chi connectivity index (χ2n) is 6.14. The SMILES string of the molecule is CN(CCOc1cccc(CNC(=O)CCN)c1)C1CCOCC1. The second kappa shape index (κ2) is 10.3. The zero-order valence-corrected chi connectivity index (χ0v) is 14.5. The number of likely N-dealkylation sites (N-methyl/N-ethyl adjacent to an activating group) is 1. The summed E-state index contributed by atoms with van der Waals surface area (Å²) in [5, 5.41) is 2.85. The van der Waals surface area contributed by atoms with Gasteiger partial charge in [0.05, 0.1) is 0 Å². The van der Waals surface area contributed by atoms with E-state index in [2.05, 4.69) is 17.3 Å². The lowest BCUT2D eigenvalue weighted by atomic mass is 10.1. The zero-order chi connectivity index (χ0) is 17.2. The van der Waals surface area contributed by atoms with Crippen molar-refractivity contribution in [2.45, 2.75) is 31.8 Å². The maximum absolute atomic E-state index is 11.5. The molecular formula is C18H29N3O3. The molecule has 1 aromatic carbocycles. The summed E-state index contributed by atoms with van der Waals surface area (Å²) >= 11 is 0. The molecule has 1 amide bonds. The molecule has 1 aromatic rings. The molecule has 1 aliphatic heterocycles. The van der Waals surface area contributed by atoms with Crippen LogP contribution in [0, 0.1) is 0 Å². The van der Waals surface area contributed by atoms with E-state index in [1.807, 2.05) is 24.3 Å². The van der Waals surface area contributed by atoms with E-state index in [1.165, 1.54) is 0 Å². The highest BCUT2D eigenvalue weighted by atomic mass is 16.5. The molecule has 1 heterocycles. The molecule has 0 saturated carbocycles. The minimum absolute atomic E-state index is 0.0260. The van der Waals surface area contributed by atoms with Gasteiger partial charge in [-0.3, -0.25) is 9.69 Å². The van der Waals surface area contributed by atoms with Crippen LogP contribution in [0.5, 0.6) is 5.75 Å². The summed E-state index contributed by atoms with van der Waals surface area (Å²) < 4.78 is 11.3. The predicted octanol–water partition coefficient (Wildman–Crippen LogP) is 1.14. The molecule has 1 aliphatic rings. The highest BCUT2D eigenvalue weighted by molar-refractivity contribution is 5.76. The highest BCUT2D eigenvalue weighted by Gasteiger charge is 2.17. The molecule has 6 heteroatoms. The quantitative estimate of drug-likeness (QED) is 0.708. The van der Waals surface area contributed by atoms with E-state index in [0.29, 0.717) is 32.2 Å². The summed E-state index contributed by atoms with van der Waals surface area (Å²) in [6.45, 7) is 4.12. The van der Waals surface area contributed by atoms with Crippen LogP contribution in [0.4, 0.5) is 0 Å². The largest absolute Gasteiger partial charge is 0.492 e. The van der Waals surface area contributed by atoms with Crippen LogP contribution in [0.1, 0.15) is 24.8 Å². The minimum Gasteiger partial charge on any atom is -0.492 e. The molecule has 3 N–H and O–H groups in total. The fraction of sp³-hybridized carbons (Fsp3) is 0.611. The van der Waals surface area contributed by atoms with Crippen LogP contribution in [0.2, 0.25) is 0 Å². The molecule has 0 aliphatic carbocycles. The monoisotopic (exact) mass is 335 g/mol. The summed E-state index contributed by atoms with van der Waals surface area (Å²) in [7, 11) is 2.14. The van der Waals surface area contributed by atoms with Crippen molar-refractivity contribution in [3.63, 3.8) is 0 Å². The van der Waals surface area contributed by atoms with Gasteiger partial charge in [0.25, 0.3) is 0 Å². The van der Waals surface area contributed by atoms with E-state index in [4.69, 9.17) is 15.2 Å². The van der Waals surface area contributed by atoms with E-state index in [0.717, 1.165) is 43.9 Å². The highest BCUT2D eigenvalue weighted by Crippen LogP contribution is 2.15. The van der Waals surface area contributed by atoms with Gasteiger partial charge in [-0.25, -0.2) is 0 Å². The molecule has 2 rings (SSSR count). The van der Waals surface area contributed by atoms with E-state index in [9.17, 15) is 4.79 Å². The Labute approximate surface area is 144 Å². The molecule has 1 saturated heterocycles. The number of hydrogen-bond donors (Lipinski definition) is 2. The number of nitrogens with one attached hydrogen (secondary N) is 1. The van der Waals surface area contributed by atoms with Crippen molar-refractivity contribution in [2.24, 2.45) is 5.73 Å². The third-order valence-electron chi connectivity index (χ3n) is 4.29. The van der Waals surface area contributed by atoms with E-state index >= 15 is 0 Å². The smallest absolute Gasteiger partial charge is 0.221 e. The summed E-state index contributed by atoms with van der Waals surface area (Å²) in [4.78, 5) is 13.8. The summed E-state index contributed by atoms with van der Waals surface area (Å²) in [5.74, 6) is 0.808. The third-order valence-corrected chi connectivity index (χ3v) is 4.29. The number of carbonyl (C=O) groups excluding carboxylic acids is 1. The van der Waals surface area contributed by atoms with Crippen LogP contribution in [-0.4, -0.2) is 56.8 Å². The molecule has 0 bridgehead atoms. The average molecular weight is 335 g/mol. The van der Waals surface area contributed by atoms with E-state index in [-0.39, 0.29) is 5.91 Å². The van der Waals surface area contributed by atoms with Crippen molar-refractivity contribution >= 4 is 5.91 Å². The van der Waals surface area contributed by atoms with Crippen molar-refractivity contribution in [3.8, 4) is 5.75 Å². The molecule has 0 spiro atoms. The molecule has 0 aromatic heterocycles. The minimum atomic E-state index is -0.0260. The van der Waals surface area contributed by atoms with Crippen molar-refractivity contribution in [1.82, 2.24) is 10.2 Å². The van der Waals surface area contributed by atoms with Gasteiger partial charge in [-0.1, -0.05) is 12.1 Å². The first kappa shape index (κ1) is 18.7. The number of amides is 1. The maximum Gasteiger partial charge on any atom is 0.221 e. The fourth-order valence-electron chi connectivity index (χ4n) is 2.78. The summed E-state index contributed by atoms with van der Waals surface area (Å²) in [6.07, 6.45) is 2.54. The van der Waals surface area contributed by atoms with Gasteiger partial charge in [0, 0.05) is 45.3 Å². The van der Waals surface area contributed by atoms with Gasteiger partial charge in [-0.15, -0.1) is 0 Å². The van der Waals surface area contributed by atoms with Gasteiger partial charge in [-0.2, -0.15) is 0 Å². The number of nitrogens with two attached hydrogens (primary N) is 1. The lowest BCUT2D eigenvalue weighted by molar-refractivity contribution is -0.121. The van der Waals surface area contributed by atoms with Gasteiger partial charge < -0.3 is 20.5 Å². The first-order valence-electron chi connectivity index (χ1n) is 8.65. The van der Waals surface area contributed by atoms with Crippen molar-refractivity contribution in [3.05, 3.63) is 29.8 Å². The Morgan fingerprint density at radius 3 is 2.96 bits per heavy atom. The van der Waals surface area contributed by atoms with Gasteiger partial charge in [0.2, 0.25) is 5.91 Å². The number of benzene rings is 1. The molecule has 24 heavy (non-hydrogen) atoms. The van der Waals surface area contributed by atoms with Gasteiger partial charge in [0.1, 0.15) is 12.4 Å². The Bertz CT molecular complexity index is 504. The Kier molecular flexibility index (Phi) is 8.01. The molecular weight excluding hydrogens is 306 g/mol. The molecule has 0 radical (unpaired) electrons. The van der Waals surface area contributed by atoms with Crippen molar-refractivity contribution in [1.29, 1.82) is 0 Å². The van der Waals surface area contributed by atoms with Crippen LogP contribution in [0.3, 0.4) is 0 Å². The van der Waals surface area contributed by atoms with Crippen LogP contribution in [-0.2, 0) is 16.1 Å². The van der Waals surface area contributed by atoms with Crippen molar-refractivity contribution < 1.29 is 14.3 Å². The Morgan fingerprint density at radius 1 is 1.42 bits per heavy atom. The second-order valence-corrected chi connectivity index (χ2v) is 6.14. The normalized spacial score (nSPS) is 15.5. The Morgan fingerprint density at radius 2 is 2.21 bits per heavy atom. The average Bonchev–Trinajstić information content (AvgIpc) is 2.61. The molecule has 134 valence electrons. The number of hydrogen-bond acceptors (Lipinski definition) is 5. The predicted molar refractivity (Wildman–Crippen MR) is 93.9 cm³/mol. The number of carbonyl (C=O) groups is 1. The lowest BCUT2D eigenvalue weighted by Gasteiger charge is -2.31. The standard InChI is InChI=1S/C18H29N3O3/c1-21(16-6-10-23-11-7-16)9-12-24-17-4-2-3-15(13-17)14-20-18(22)5-8-19/h2-4,13,16H,5-12,14,19H2,1H3,(H,20,22). The molecule has 0 atom stereocenters. The number of rotatable bonds is 9. The van der Waals surface area contributed by atoms with Crippen LogP contribution in [0.15, 0.2) is 24.3 Å². The third kappa shape index (κ3) is 6.47. The van der Waals surface area contributed by atoms with Crippen LogP contribution >= 0.6 is 0 Å². The molecule has 6 nitrogen and oxygen atoms in total. The summed E-state index contributed by atoms with van der Waals surface area (Å²) in [6, 6.07) is 8.43. The Hall–Kier alpha value is -1.63. The summed E-state index contributed by atoms with van der Waals surface area (Å²) in [5.41, 5.74) is 6.39. The van der Waals surface area contributed by atoms with E-state index < -0.39 is 0 Å². The maximum atomic E-state index is 11.5. The van der Waals surface area contributed by atoms with Gasteiger partial charge >= 0.3 is 0 Å². The van der Waals surface area contributed by atoms with Gasteiger partial charge in [-0.05, 0) is 37.6 Å². The lowest BCUT2D eigenvalue weighted by Crippen LogP contribution is -2.38.